The lowest BCUT2D eigenvalue weighted by molar-refractivity contribution is -0.117. The fourth-order valence-electron chi connectivity index (χ4n) is 1.22. The lowest BCUT2D eigenvalue weighted by Gasteiger charge is -2.14. The number of carbonyl (C=O) groups excluding carboxylic acids is 1. The van der Waals surface area contributed by atoms with Gasteiger partial charge in [-0.1, -0.05) is 27.2 Å². The van der Waals surface area contributed by atoms with Crippen LogP contribution in [0.15, 0.2) is 11.8 Å². The lowest BCUT2D eigenvalue weighted by Crippen LogP contribution is -2.29. The van der Waals surface area contributed by atoms with Gasteiger partial charge in [-0.15, -0.1) is 0 Å². The lowest BCUT2D eigenvalue weighted by atomic mass is 10.2. The summed E-state index contributed by atoms with van der Waals surface area (Å²) in [5, 5.41) is 11.7. The van der Waals surface area contributed by atoms with Crippen molar-refractivity contribution in [2.45, 2.75) is 33.6 Å². The number of carbonyl (C=O) groups is 1. The first-order valence-electron chi connectivity index (χ1n) is 6.11. The molecule has 0 aromatic rings. The maximum Gasteiger partial charge on any atom is 0.263 e. The second kappa shape index (κ2) is 8.63. The Bertz CT molecular complexity index is 302. The van der Waals surface area contributed by atoms with Gasteiger partial charge in [-0.3, -0.25) is 4.79 Å². The summed E-state index contributed by atoms with van der Waals surface area (Å²) in [4.78, 5) is 13.5. The summed E-state index contributed by atoms with van der Waals surface area (Å²) >= 11 is 0. The Labute approximate surface area is 104 Å². The molecule has 4 nitrogen and oxygen atoms in total. The quantitative estimate of drug-likeness (QED) is 0.543. The average Bonchev–Trinajstić information content (AvgIpc) is 2.30. The highest BCUT2D eigenvalue weighted by Crippen LogP contribution is 1.99. The van der Waals surface area contributed by atoms with Gasteiger partial charge >= 0.3 is 0 Å². The monoisotopic (exact) mass is 237 g/mol. The molecule has 0 fully saturated rings. The van der Waals surface area contributed by atoms with Crippen LogP contribution in [0.3, 0.4) is 0 Å². The van der Waals surface area contributed by atoms with Gasteiger partial charge in [0.1, 0.15) is 11.6 Å². The summed E-state index contributed by atoms with van der Waals surface area (Å²) in [6.45, 7) is 7.60. The van der Waals surface area contributed by atoms with Gasteiger partial charge in [-0.2, -0.15) is 5.26 Å². The molecule has 0 aliphatic rings. The van der Waals surface area contributed by atoms with Crippen molar-refractivity contribution in [2.24, 2.45) is 5.92 Å². The van der Waals surface area contributed by atoms with Crippen molar-refractivity contribution in [2.75, 3.05) is 20.1 Å². The molecule has 0 heterocycles. The van der Waals surface area contributed by atoms with E-state index < -0.39 is 0 Å². The van der Waals surface area contributed by atoms with Crippen molar-refractivity contribution in [3.63, 3.8) is 0 Å². The number of unbranched alkanes of at least 4 members (excludes halogenated alkanes) is 1. The molecule has 0 rings (SSSR count). The van der Waals surface area contributed by atoms with Crippen LogP contribution in [0.25, 0.3) is 0 Å². The third-order valence-corrected chi connectivity index (χ3v) is 2.25. The molecule has 1 N–H and O–H groups in total. The molecule has 0 bridgehead atoms. The Morgan fingerprint density at radius 1 is 1.53 bits per heavy atom. The first kappa shape index (κ1) is 15.5. The molecule has 0 saturated heterocycles. The van der Waals surface area contributed by atoms with Gasteiger partial charge < -0.3 is 10.2 Å². The first-order chi connectivity index (χ1) is 8.01. The van der Waals surface area contributed by atoms with Crippen LogP contribution in [0.5, 0.6) is 0 Å². The summed E-state index contributed by atoms with van der Waals surface area (Å²) in [7, 11) is 1.88. The topological polar surface area (TPSA) is 56.1 Å². The van der Waals surface area contributed by atoms with Crippen molar-refractivity contribution < 1.29 is 4.79 Å². The molecule has 0 spiro atoms. The predicted molar refractivity (Wildman–Crippen MR) is 69.1 cm³/mol. The van der Waals surface area contributed by atoms with Gasteiger partial charge in [0.2, 0.25) is 0 Å². The van der Waals surface area contributed by atoms with Crippen LogP contribution in [0.4, 0.5) is 0 Å². The van der Waals surface area contributed by atoms with E-state index in [1.165, 1.54) is 0 Å². The Hall–Kier alpha value is -1.50. The fraction of sp³-hybridized carbons (Fsp3) is 0.692. The van der Waals surface area contributed by atoms with Crippen LogP contribution in [0.1, 0.15) is 33.6 Å². The van der Waals surface area contributed by atoms with E-state index in [1.54, 1.807) is 6.20 Å². The van der Waals surface area contributed by atoms with E-state index in [2.05, 4.69) is 12.2 Å². The minimum absolute atomic E-state index is 0.171. The van der Waals surface area contributed by atoms with E-state index in [4.69, 9.17) is 5.26 Å². The van der Waals surface area contributed by atoms with E-state index in [0.29, 0.717) is 12.5 Å². The standard InChI is InChI=1S/C13H23N3O/c1-5-6-7-16(4)10-12(8-14)13(17)15-9-11(2)3/h10-11H,5-7,9H2,1-4H3,(H,15,17)/b12-10-. The zero-order chi connectivity index (χ0) is 13.3. The molecular weight excluding hydrogens is 214 g/mol. The summed E-state index contributed by atoms with van der Waals surface area (Å²) in [6.07, 6.45) is 3.77. The Morgan fingerprint density at radius 3 is 2.65 bits per heavy atom. The van der Waals surface area contributed by atoms with Crippen molar-refractivity contribution in [1.29, 1.82) is 5.26 Å². The number of hydrogen-bond acceptors (Lipinski definition) is 3. The minimum Gasteiger partial charge on any atom is -0.379 e. The van der Waals surface area contributed by atoms with E-state index >= 15 is 0 Å². The summed E-state index contributed by atoms with van der Waals surface area (Å²) in [6, 6.07) is 1.94. The number of nitrogens with one attached hydrogen (secondary N) is 1. The molecule has 0 unspecified atom stereocenters. The molecule has 0 atom stereocenters. The van der Waals surface area contributed by atoms with Crippen molar-refractivity contribution >= 4 is 5.91 Å². The summed E-state index contributed by atoms with van der Waals surface area (Å²) < 4.78 is 0. The fourth-order valence-corrected chi connectivity index (χ4v) is 1.22. The zero-order valence-electron chi connectivity index (χ0n) is 11.3. The van der Waals surface area contributed by atoms with Crippen molar-refractivity contribution in [1.82, 2.24) is 10.2 Å². The van der Waals surface area contributed by atoms with Crippen molar-refractivity contribution in [3.8, 4) is 6.07 Å². The molecule has 4 heteroatoms. The van der Waals surface area contributed by atoms with Crippen LogP contribution < -0.4 is 5.32 Å². The Balaban J connectivity index is 4.34. The normalized spacial score (nSPS) is 11.2. The molecule has 0 aliphatic heterocycles. The van der Waals surface area contributed by atoms with E-state index in [0.717, 1.165) is 19.4 Å². The minimum atomic E-state index is -0.287. The smallest absolute Gasteiger partial charge is 0.263 e. The Kier molecular flexibility index (Phi) is 7.87. The average molecular weight is 237 g/mol. The first-order valence-corrected chi connectivity index (χ1v) is 6.11. The maximum atomic E-state index is 11.7. The number of hydrogen-bond donors (Lipinski definition) is 1. The highest BCUT2D eigenvalue weighted by atomic mass is 16.1. The van der Waals surface area contributed by atoms with Crippen LogP contribution in [-0.4, -0.2) is 30.9 Å². The number of nitrogens with zero attached hydrogens (tertiary/aromatic N) is 2. The molecule has 1 amide bonds. The van der Waals surface area contributed by atoms with Gasteiger partial charge in [0, 0.05) is 26.3 Å². The predicted octanol–water partition coefficient (Wildman–Crippen LogP) is 1.90. The van der Waals surface area contributed by atoms with Crippen LogP contribution in [0.2, 0.25) is 0 Å². The second-order valence-electron chi connectivity index (χ2n) is 4.59. The highest BCUT2D eigenvalue weighted by molar-refractivity contribution is 5.97. The number of amides is 1. The van der Waals surface area contributed by atoms with E-state index in [1.807, 2.05) is 31.9 Å². The van der Waals surface area contributed by atoms with Gasteiger partial charge in [0.25, 0.3) is 5.91 Å². The summed E-state index contributed by atoms with van der Waals surface area (Å²) in [5.74, 6) is 0.0984. The van der Waals surface area contributed by atoms with Gasteiger partial charge in [0.15, 0.2) is 0 Å². The molecule has 96 valence electrons. The molecule has 0 saturated carbocycles. The summed E-state index contributed by atoms with van der Waals surface area (Å²) in [5.41, 5.74) is 0.171. The highest BCUT2D eigenvalue weighted by Gasteiger charge is 2.09. The van der Waals surface area contributed by atoms with Gasteiger partial charge in [-0.05, 0) is 12.3 Å². The molecule has 0 aromatic heterocycles. The SMILES string of the molecule is CCCCN(C)/C=C(/C#N)C(=O)NCC(C)C. The van der Waals surface area contributed by atoms with Gasteiger partial charge in [-0.25, -0.2) is 0 Å². The molecule has 17 heavy (non-hydrogen) atoms. The maximum absolute atomic E-state index is 11.7. The van der Waals surface area contributed by atoms with E-state index in [9.17, 15) is 4.79 Å². The van der Waals surface area contributed by atoms with Crippen LogP contribution >= 0.6 is 0 Å². The Morgan fingerprint density at radius 2 is 2.18 bits per heavy atom. The molecule has 0 aliphatic carbocycles. The number of nitriles is 1. The second-order valence-corrected chi connectivity index (χ2v) is 4.59. The third-order valence-electron chi connectivity index (χ3n) is 2.25. The molecular formula is C13H23N3O. The largest absolute Gasteiger partial charge is 0.379 e. The van der Waals surface area contributed by atoms with E-state index in [-0.39, 0.29) is 11.5 Å². The zero-order valence-corrected chi connectivity index (χ0v) is 11.3. The van der Waals surface area contributed by atoms with Crippen LogP contribution in [-0.2, 0) is 4.79 Å². The molecule has 0 radical (unpaired) electrons. The van der Waals surface area contributed by atoms with Crippen molar-refractivity contribution in [3.05, 3.63) is 11.8 Å². The van der Waals surface area contributed by atoms with Crippen LogP contribution in [0, 0.1) is 17.2 Å². The molecule has 0 aromatic carbocycles. The third kappa shape index (κ3) is 7.40. The number of rotatable bonds is 7. The van der Waals surface area contributed by atoms with Gasteiger partial charge in [0.05, 0.1) is 0 Å².